The summed E-state index contributed by atoms with van der Waals surface area (Å²) in [5.74, 6) is -2.55. The number of hydrogen-bond acceptors (Lipinski definition) is 2. The van der Waals surface area contributed by atoms with Crippen molar-refractivity contribution in [3.63, 3.8) is 0 Å². The van der Waals surface area contributed by atoms with Gasteiger partial charge in [-0.05, 0) is 11.6 Å². The first-order valence-corrected chi connectivity index (χ1v) is 3.83. The van der Waals surface area contributed by atoms with E-state index >= 15 is 0 Å². The van der Waals surface area contributed by atoms with Crippen LogP contribution in [0.5, 0.6) is 0 Å². The summed E-state index contributed by atoms with van der Waals surface area (Å²) >= 11 is 0. The number of alkyl halides is 2. The highest BCUT2D eigenvalue weighted by Gasteiger charge is 2.20. The maximum Gasteiger partial charge on any atom is 0.307 e. The Morgan fingerprint density at radius 3 is 2.60 bits per heavy atom. The molecule has 0 bridgehead atoms. The SMILES string of the molecule is O=C(O)Cc1cc(F)[nH]c(=O)c1C(F)F. The molecule has 4 nitrogen and oxygen atoms in total. The Labute approximate surface area is 81.4 Å². The number of pyridine rings is 1. The molecule has 82 valence electrons. The predicted molar refractivity (Wildman–Crippen MR) is 43.3 cm³/mol. The lowest BCUT2D eigenvalue weighted by atomic mass is 10.1. The van der Waals surface area contributed by atoms with Crippen LogP contribution in [0, 0.1) is 5.95 Å². The third kappa shape index (κ3) is 2.58. The summed E-state index contributed by atoms with van der Waals surface area (Å²) in [7, 11) is 0. The number of carboxylic acids is 1. The zero-order valence-corrected chi connectivity index (χ0v) is 7.26. The minimum absolute atomic E-state index is 0.515. The lowest BCUT2D eigenvalue weighted by Gasteiger charge is -2.05. The molecule has 0 unspecified atom stereocenters. The molecule has 0 fully saturated rings. The van der Waals surface area contributed by atoms with Crippen molar-refractivity contribution in [2.75, 3.05) is 0 Å². The van der Waals surface area contributed by atoms with Gasteiger partial charge in [0.05, 0.1) is 12.0 Å². The molecule has 15 heavy (non-hydrogen) atoms. The average molecular weight is 221 g/mol. The highest BCUT2D eigenvalue weighted by Crippen LogP contribution is 2.19. The van der Waals surface area contributed by atoms with Gasteiger partial charge in [0.25, 0.3) is 12.0 Å². The van der Waals surface area contributed by atoms with Crippen molar-refractivity contribution >= 4 is 5.97 Å². The molecule has 7 heteroatoms. The minimum Gasteiger partial charge on any atom is -0.481 e. The van der Waals surface area contributed by atoms with Crippen molar-refractivity contribution in [1.82, 2.24) is 4.98 Å². The van der Waals surface area contributed by atoms with Gasteiger partial charge in [-0.15, -0.1) is 0 Å². The quantitative estimate of drug-likeness (QED) is 0.750. The van der Waals surface area contributed by atoms with Crippen LogP contribution in [0.2, 0.25) is 0 Å². The molecule has 0 atom stereocenters. The van der Waals surface area contributed by atoms with E-state index in [1.165, 1.54) is 4.98 Å². The monoisotopic (exact) mass is 221 g/mol. The molecule has 1 heterocycles. The van der Waals surface area contributed by atoms with E-state index in [1.807, 2.05) is 0 Å². The Kier molecular flexibility index (Phi) is 3.13. The number of nitrogens with one attached hydrogen (secondary N) is 1. The highest BCUT2D eigenvalue weighted by atomic mass is 19.3. The average Bonchev–Trinajstić information content (AvgIpc) is 1.99. The van der Waals surface area contributed by atoms with Gasteiger partial charge in [-0.25, -0.2) is 8.78 Å². The molecule has 1 aromatic rings. The van der Waals surface area contributed by atoms with Gasteiger partial charge in [-0.1, -0.05) is 0 Å². The molecule has 1 aromatic heterocycles. The van der Waals surface area contributed by atoms with Gasteiger partial charge in [-0.3, -0.25) is 14.6 Å². The van der Waals surface area contributed by atoms with E-state index in [2.05, 4.69) is 0 Å². The molecule has 0 amide bonds. The predicted octanol–water partition coefficient (Wildman–Crippen LogP) is 1.08. The fraction of sp³-hybridized carbons (Fsp3) is 0.250. The Morgan fingerprint density at radius 1 is 1.53 bits per heavy atom. The number of carbonyl (C=O) groups is 1. The van der Waals surface area contributed by atoms with Crippen LogP contribution in [-0.4, -0.2) is 16.1 Å². The Bertz CT molecular complexity index is 441. The number of rotatable bonds is 3. The standard InChI is InChI=1S/C8H6F3NO3/c9-4-1-3(2-5(13)14)6(7(10)11)8(15)12-4/h1,7H,2H2,(H,12,15)(H,13,14). The molecule has 0 aliphatic carbocycles. The molecule has 1 rings (SSSR count). The molecule has 0 aliphatic rings. The van der Waals surface area contributed by atoms with Crippen LogP contribution in [0.3, 0.4) is 0 Å². The van der Waals surface area contributed by atoms with E-state index in [1.54, 1.807) is 0 Å². The summed E-state index contributed by atoms with van der Waals surface area (Å²) in [6.45, 7) is 0. The minimum atomic E-state index is -3.14. The van der Waals surface area contributed by atoms with Gasteiger partial charge in [0.2, 0.25) is 0 Å². The number of carboxylic acid groups (broad SMARTS) is 1. The molecule has 2 N–H and O–H groups in total. The Balaban J connectivity index is 3.33. The summed E-state index contributed by atoms with van der Waals surface area (Å²) in [6.07, 6.45) is -3.95. The summed E-state index contributed by atoms with van der Waals surface area (Å²) in [4.78, 5) is 22.7. The Morgan fingerprint density at radius 2 is 2.13 bits per heavy atom. The van der Waals surface area contributed by atoms with E-state index in [0.717, 1.165) is 0 Å². The van der Waals surface area contributed by atoms with E-state index in [0.29, 0.717) is 6.07 Å². The van der Waals surface area contributed by atoms with Crippen molar-refractivity contribution in [3.05, 3.63) is 33.5 Å². The fourth-order valence-electron chi connectivity index (χ4n) is 1.14. The van der Waals surface area contributed by atoms with Crippen molar-refractivity contribution in [3.8, 4) is 0 Å². The van der Waals surface area contributed by atoms with E-state index in [4.69, 9.17) is 5.11 Å². The molecular formula is C8H6F3NO3. The topological polar surface area (TPSA) is 70.2 Å². The third-order valence-corrected chi connectivity index (χ3v) is 1.68. The van der Waals surface area contributed by atoms with Gasteiger partial charge in [0.1, 0.15) is 0 Å². The number of aliphatic carboxylic acids is 1. The lowest BCUT2D eigenvalue weighted by Crippen LogP contribution is -2.19. The van der Waals surface area contributed by atoms with Crippen LogP contribution < -0.4 is 5.56 Å². The molecular weight excluding hydrogens is 215 g/mol. The number of hydrogen-bond donors (Lipinski definition) is 2. The lowest BCUT2D eigenvalue weighted by molar-refractivity contribution is -0.136. The summed E-state index contributed by atoms with van der Waals surface area (Å²) in [6, 6.07) is 0.580. The molecule has 0 spiro atoms. The number of H-pyrrole nitrogens is 1. The van der Waals surface area contributed by atoms with Gasteiger partial charge >= 0.3 is 5.97 Å². The first-order chi connectivity index (χ1) is 6.91. The largest absolute Gasteiger partial charge is 0.481 e. The number of halogens is 3. The summed E-state index contributed by atoms with van der Waals surface area (Å²) in [5.41, 5.74) is -2.82. The van der Waals surface area contributed by atoms with Gasteiger partial charge in [0.15, 0.2) is 5.95 Å². The number of aromatic amines is 1. The van der Waals surface area contributed by atoms with Crippen LogP contribution in [0.1, 0.15) is 17.6 Å². The van der Waals surface area contributed by atoms with E-state index in [-0.39, 0.29) is 0 Å². The molecule has 0 aromatic carbocycles. The third-order valence-electron chi connectivity index (χ3n) is 1.68. The highest BCUT2D eigenvalue weighted by molar-refractivity contribution is 5.70. The first-order valence-electron chi connectivity index (χ1n) is 3.83. The Hall–Kier alpha value is -1.79. The maximum absolute atomic E-state index is 12.6. The first kappa shape index (κ1) is 11.3. The van der Waals surface area contributed by atoms with Crippen molar-refractivity contribution in [2.24, 2.45) is 0 Å². The molecule has 0 saturated carbocycles. The van der Waals surface area contributed by atoms with E-state index in [9.17, 15) is 22.8 Å². The van der Waals surface area contributed by atoms with Crippen LogP contribution in [0.15, 0.2) is 10.9 Å². The van der Waals surface area contributed by atoms with Crippen LogP contribution in [0.25, 0.3) is 0 Å². The normalized spacial score (nSPS) is 10.7. The van der Waals surface area contributed by atoms with Crippen molar-refractivity contribution < 1.29 is 23.1 Å². The zero-order valence-electron chi connectivity index (χ0n) is 7.26. The summed E-state index contributed by atoms with van der Waals surface area (Å²) < 4.78 is 37.3. The number of aromatic nitrogens is 1. The summed E-state index contributed by atoms with van der Waals surface area (Å²) in [5, 5.41) is 8.38. The second-order valence-electron chi connectivity index (χ2n) is 2.76. The second-order valence-corrected chi connectivity index (χ2v) is 2.76. The van der Waals surface area contributed by atoms with Crippen molar-refractivity contribution in [1.29, 1.82) is 0 Å². The maximum atomic E-state index is 12.6. The molecule has 0 radical (unpaired) electrons. The van der Waals surface area contributed by atoms with Gasteiger partial charge in [-0.2, -0.15) is 4.39 Å². The van der Waals surface area contributed by atoms with E-state index < -0.39 is 41.4 Å². The fourth-order valence-corrected chi connectivity index (χ4v) is 1.14. The second kappa shape index (κ2) is 4.16. The molecule has 0 aliphatic heterocycles. The smallest absolute Gasteiger partial charge is 0.307 e. The van der Waals surface area contributed by atoms with Gasteiger partial charge < -0.3 is 5.11 Å². The van der Waals surface area contributed by atoms with Crippen LogP contribution in [0.4, 0.5) is 13.2 Å². The van der Waals surface area contributed by atoms with Crippen LogP contribution in [-0.2, 0) is 11.2 Å². The van der Waals surface area contributed by atoms with Crippen molar-refractivity contribution in [2.45, 2.75) is 12.8 Å². The van der Waals surface area contributed by atoms with Crippen LogP contribution >= 0.6 is 0 Å². The zero-order chi connectivity index (χ0) is 11.6. The van der Waals surface area contributed by atoms with Gasteiger partial charge in [0, 0.05) is 0 Å². The molecule has 0 saturated heterocycles.